The molecule has 0 aromatic carbocycles. The van der Waals surface area contributed by atoms with Crippen molar-refractivity contribution in [2.45, 2.75) is 40.9 Å². The fraction of sp³-hybridized carbons (Fsp3) is 0.727. The van der Waals surface area contributed by atoms with Crippen molar-refractivity contribution in [1.82, 2.24) is 5.32 Å². The third-order valence-corrected chi connectivity index (χ3v) is 8.42. The van der Waals surface area contributed by atoms with Gasteiger partial charge in [-0.15, -0.1) is 0 Å². The van der Waals surface area contributed by atoms with Crippen LogP contribution >= 0.6 is 0 Å². The number of rotatable bonds is 5. The van der Waals surface area contributed by atoms with Gasteiger partial charge >= 0.3 is 11.0 Å². The predicted molar refractivity (Wildman–Crippen MR) is 73.2 cm³/mol. The normalized spacial score (nSPS) is 22.8. The molecule has 1 N–H and O–H groups in total. The topological polar surface area (TPSA) is 97.4 Å². The molecule has 0 aromatic rings. The van der Waals surface area contributed by atoms with Crippen LogP contribution in [0.4, 0.5) is 26.3 Å². The molecule has 0 saturated heterocycles. The number of amides is 1. The van der Waals surface area contributed by atoms with Gasteiger partial charge in [0.2, 0.25) is 5.91 Å². The molecule has 1 aliphatic rings. The molecule has 0 radical (unpaired) electrons. The monoisotopic (exact) mass is 417 g/mol. The van der Waals surface area contributed by atoms with E-state index in [4.69, 9.17) is 0 Å². The molecule has 1 rings (SSSR count). The highest BCUT2D eigenvalue weighted by Gasteiger charge is 2.66. The van der Waals surface area contributed by atoms with Crippen LogP contribution in [0.15, 0.2) is 12.7 Å². The Morgan fingerprint density at radius 1 is 1.00 bits per heavy atom. The van der Waals surface area contributed by atoms with Crippen molar-refractivity contribution in [2.75, 3.05) is 0 Å². The van der Waals surface area contributed by atoms with Gasteiger partial charge in [0, 0.05) is 12.0 Å². The summed E-state index contributed by atoms with van der Waals surface area (Å²) in [5, 5.41) is 1.99. The number of alkyl halides is 6. The maximum Gasteiger partial charge on any atom is 0.498 e. The number of carbonyl (C=O) groups is 1. The first-order chi connectivity index (χ1) is 11.1. The smallest absolute Gasteiger partial charge is 0.349 e. The molecular weight excluding hydrogens is 404 g/mol. The third-order valence-electron chi connectivity index (χ3n) is 3.69. The van der Waals surface area contributed by atoms with Gasteiger partial charge in [0.1, 0.15) is 0 Å². The van der Waals surface area contributed by atoms with Gasteiger partial charge in [-0.2, -0.15) is 26.3 Å². The van der Waals surface area contributed by atoms with Crippen molar-refractivity contribution < 1.29 is 48.0 Å². The maximum atomic E-state index is 12.8. The van der Waals surface area contributed by atoms with E-state index in [0.717, 1.165) is 0 Å². The fourth-order valence-electron chi connectivity index (χ4n) is 2.63. The Balaban J connectivity index is 3.53. The quantitative estimate of drug-likeness (QED) is 0.542. The summed E-state index contributed by atoms with van der Waals surface area (Å²) in [5.41, 5.74) is -12.4. The van der Waals surface area contributed by atoms with Crippen LogP contribution in [0, 0.1) is 5.92 Å². The Hall–Kier alpha value is -1.31. The van der Waals surface area contributed by atoms with Gasteiger partial charge in [-0.05, 0) is 18.9 Å². The SMILES string of the molecule is C=CC(=O)NC1CCCC1C(S(=O)(=O)C(F)(F)F)S(=O)(=O)C(F)(F)F. The van der Waals surface area contributed by atoms with Gasteiger partial charge in [-0.3, -0.25) is 4.79 Å². The van der Waals surface area contributed by atoms with E-state index in [2.05, 4.69) is 6.58 Å². The highest BCUT2D eigenvalue weighted by atomic mass is 32.3. The van der Waals surface area contributed by atoms with E-state index in [0.29, 0.717) is 6.08 Å². The van der Waals surface area contributed by atoms with E-state index in [-0.39, 0.29) is 12.8 Å². The zero-order chi connectivity index (χ0) is 19.8. The Morgan fingerprint density at radius 2 is 1.44 bits per heavy atom. The molecule has 0 heterocycles. The molecule has 2 unspecified atom stereocenters. The first kappa shape index (κ1) is 21.7. The second kappa shape index (κ2) is 6.78. The summed E-state index contributed by atoms with van der Waals surface area (Å²) >= 11 is 0. The van der Waals surface area contributed by atoms with Crippen molar-refractivity contribution in [3.63, 3.8) is 0 Å². The highest BCUT2D eigenvalue weighted by Crippen LogP contribution is 2.44. The molecule has 1 saturated carbocycles. The lowest BCUT2D eigenvalue weighted by Gasteiger charge is -2.29. The summed E-state index contributed by atoms with van der Waals surface area (Å²) in [6, 6.07) is -1.50. The van der Waals surface area contributed by atoms with E-state index in [1.54, 1.807) is 0 Å². The number of sulfone groups is 2. The Bertz CT molecular complexity index is 696. The summed E-state index contributed by atoms with van der Waals surface area (Å²) < 4.78 is 119. The summed E-state index contributed by atoms with van der Waals surface area (Å²) in [6.45, 7) is 3.04. The van der Waals surface area contributed by atoms with Crippen molar-refractivity contribution in [3.05, 3.63) is 12.7 Å². The Morgan fingerprint density at radius 3 is 1.80 bits per heavy atom. The van der Waals surface area contributed by atoms with Gasteiger partial charge in [0.25, 0.3) is 19.7 Å². The lowest BCUT2D eigenvalue weighted by atomic mass is 10.1. The Kier molecular flexibility index (Phi) is 5.89. The largest absolute Gasteiger partial charge is 0.498 e. The average molecular weight is 417 g/mol. The lowest BCUT2D eigenvalue weighted by Crippen LogP contribution is -2.53. The number of carbonyl (C=O) groups excluding carboxylic acids is 1. The minimum atomic E-state index is -6.72. The summed E-state index contributed by atoms with van der Waals surface area (Å²) in [5.74, 6) is -3.09. The predicted octanol–water partition coefficient (Wildman–Crippen LogP) is 1.65. The van der Waals surface area contributed by atoms with Gasteiger partial charge in [0.05, 0.1) is 0 Å². The van der Waals surface area contributed by atoms with Gasteiger partial charge in [0.15, 0.2) is 4.58 Å². The molecule has 14 heteroatoms. The molecule has 0 aromatic heterocycles. The van der Waals surface area contributed by atoms with Gasteiger partial charge in [-0.1, -0.05) is 13.0 Å². The molecular formula is C11H13F6NO5S2. The third kappa shape index (κ3) is 4.10. The van der Waals surface area contributed by atoms with Gasteiger partial charge < -0.3 is 5.32 Å². The van der Waals surface area contributed by atoms with E-state index in [1.165, 1.54) is 0 Å². The van der Waals surface area contributed by atoms with Crippen LogP contribution in [0.25, 0.3) is 0 Å². The standard InChI is InChI=1S/C11H13F6NO5S2/c1-2-8(19)18-7-5-3-4-6(7)9(24(20,21)10(12,13)14)25(22,23)11(15,16)17/h2,6-7,9H,1,3-5H2,(H,18,19). The van der Waals surface area contributed by atoms with Crippen LogP contribution in [-0.2, 0) is 24.5 Å². The molecule has 25 heavy (non-hydrogen) atoms. The summed E-state index contributed by atoms with van der Waals surface area (Å²) in [6.07, 6.45) is -0.135. The highest BCUT2D eigenvalue weighted by molar-refractivity contribution is 8.09. The average Bonchev–Trinajstić information content (AvgIpc) is 2.83. The van der Waals surface area contributed by atoms with E-state index in [1.807, 2.05) is 5.32 Å². The maximum absolute atomic E-state index is 12.8. The molecule has 6 nitrogen and oxygen atoms in total. The first-order valence-electron chi connectivity index (χ1n) is 6.60. The molecule has 1 aliphatic carbocycles. The summed E-state index contributed by atoms with van der Waals surface area (Å²) in [7, 11) is -13.4. The fourth-order valence-corrected chi connectivity index (χ4v) is 6.71. The number of hydrogen-bond acceptors (Lipinski definition) is 5. The van der Waals surface area contributed by atoms with Crippen LogP contribution in [0.1, 0.15) is 19.3 Å². The van der Waals surface area contributed by atoms with Crippen LogP contribution < -0.4 is 5.32 Å². The first-order valence-corrected chi connectivity index (χ1v) is 9.70. The van der Waals surface area contributed by atoms with Crippen molar-refractivity contribution in [1.29, 1.82) is 0 Å². The molecule has 0 aliphatic heterocycles. The second-order valence-electron chi connectivity index (χ2n) is 5.26. The van der Waals surface area contributed by atoms with Crippen LogP contribution in [0.2, 0.25) is 0 Å². The van der Waals surface area contributed by atoms with Gasteiger partial charge in [-0.25, -0.2) is 16.8 Å². The van der Waals surface area contributed by atoms with Crippen molar-refractivity contribution in [2.24, 2.45) is 5.92 Å². The van der Waals surface area contributed by atoms with Crippen LogP contribution in [-0.4, -0.2) is 44.4 Å². The minimum absolute atomic E-state index is 0.0655. The number of hydrogen-bond donors (Lipinski definition) is 1. The van der Waals surface area contributed by atoms with Crippen LogP contribution in [0.3, 0.4) is 0 Å². The second-order valence-corrected chi connectivity index (χ2v) is 9.68. The molecule has 2 atom stereocenters. The number of nitrogens with one attached hydrogen (secondary N) is 1. The van der Waals surface area contributed by atoms with Crippen molar-refractivity contribution >= 4 is 25.6 Å². The molecule has 146 valence electrons. The van der Waals surface area contributed by atoms with Crippen molar-refractivity contribution in [3.8, 4) is 0 Å². The molecule has 1 fully saturated rings. The molecule has 0 bridgehead atoms. The number of halogens is 6. The Labute approximate surface area is 139 Å². The minimum Gasteiger partial charge on any atom is -0.349 e. The van der Waals surface area contributed by atoms with E-state index >= 15 is 0 Å². The summed E-state index contributed by atoms with van der Waals surface area (Å²) in [4.78, 5) is 11.3. The van der Waals surface area contributed by atoms with Crippen LogP contribution in [0.5, 0.6) is 0 Å². The lowest BCUT2D eigenvalue weighted by molar-refractivity contribution is -0.117. The molecule has 1 amide bonds. The molecule has 0 spiro atoms. The zero-order valence-corrected chi connectivity index (χ0v) is 13.9. The zero-order valence-electron chi connectivity index (χ0n) is 12.3. The van der Waals surface area contributed by atoms with E-state index in [9.17, 15) is 48.0 Å². The van der Waals surface area contributed by atoms with E-state index < -0.39 is 59.6 Å².